The third-order valence-corrected chi connectivity index (χ3v) is 4.14. The summed E-state index contributed by atoms with van der Waals surface area (Å²) in [5, 5.41) is 3.48. The van der Waals surface area contributed by atoms with E-state index in [0.29, 0.717) is 6.04 Å². The highest BCUT2D eigenvalue weighted by atomic mass is 16.5. The largest absolute Gasteiger partial charge is 0.381 e. The molecule has 2 heterocycles. The number of rotatable bonds is 7. The summed E-state index contributed by atoms with van der Waals surface area (Å²) in [5.41, 5.74) is 2.52. The number of aromatic nitrogens is 1. The van der Waals surface area contributed by atoms with Gasteiger partial charge in [-0.05, 0) is 49.9 Å². The summed E-state index contributed by atoms with van der Waals surface area (Å²) in [7, 11) is 2.17. The molecule has 0 aliphatic carbocycles. The first-order valence-electron chi connectivity index (χ1n) is 8.25. The zero-order valence-electron chi connectivity index (χ0n) is 13.7. The Hall–Kier alpha value is -1.13. The van der Waals surface area contributed by atoms with Gasteiger partial charge < -0.3 is 15.0 Å². The quantitative estimate of drug-likeness (QED) is 0.784. The molecule has 0 spiro atoms. The Labute approximate surface area is 128 Å². The van der Waals surface area contributed by atoms with E-state index < -0.39 is 0 Å². The number of nitrogens with zero attached hydrogens (tertiary/aromatic N) is 2. The van der Waals surface area contributed by atoms with Crippen LogP contribution in [-0.2, 0) is 17.7 Å². The topological polar surface area (TPSA) is 37.4 Å². The van der Waals surface area contributed by atoms with Gasteiger partial charge in [0.05, 0.1) is 0 Å². The Kier molecular flexibility index (Phi) is 6.46. The van der Waals surface area contributed by atoms with E-state index in [1.165, 1.54) is 17.7 Å². The van der Waals surface area contributed by atoms with Gasteiger partial charge in [-0.2, -0.15) is 0 Å². The van der Waals surface area contributed by atoms with Crippen LogP contribution in [0.2, 0.25) is 0 Å². The first-order chi connectivity index (χ1) is 10.2. The van der Waals surface area contributed by atoms with Gasteiger partial charge in [0, 0.05) is 38.5 Å². The van der Waals surface area contributed by atoms with Crippen molar-refractivity contribution in [1.82, 2.24) is 10.3 Å². The molecular formula is C17H29N3O. The predicted octanol–water partition coefficient (Wildman–Crippen LogP) is 2.76. The second-order valence-corrected chi connectivity index (χ2v) is 5.81. The van der Waals surface area contributed by atoms with Gasteiger partial charge in [0.2, 0.25) is 0 Å². The fraction of sp³-hybridized carbons (Fsp3) is 0.706. The second-order valence-electron chi connectivity index (χ2n) is 5.81. The van der Waals surface area contributed by atoms with Gasteiger partial charge in [-0.3, -0.25) is 0 Å². The Morgan fingerprint density at radius 2 is 2.05 bits per heavy atom. The number of aryl methyl sites for hydroxylation is 1. The van der Waals surface area contributed by atoms with Gasteiger partial charge in [0.1, 0.15) is 5.82 Å². The van der Waals surface area contributed by atoms with Crippen LogP contribution in [0.5, 0.6) is 0 Å². The number of pyridine rings is 1. The number of nitrogens with one attached hydrogen (secondary N) is 1. The lowest BCUT2D eigenvalue weighted by Gasteiger charge is -2.32. The van der Waals surface area contributed by atoms with E-state index in [4.69, 9.17) is 9.72 Å². The predicted molar refractivity (Wildman–Crippen MR) is 87.9 cm³/mol. The zero-order chi connectivity index (χ0) is 15.1. The molecule has 0 aromatic carbocycles. The number of hydrogen-bond donors (Lipinski definition) is 1. The van der Waals surface area contributed by atoms with Crippen molar-refractivity contribution >= 4 is 5.82 Å². The Morgan fingerprint density at radius 3 is 2.71 bits per heavy atom. The molecule has 1 saturated heterocycles. The highest BCUT2D eigenvalue weighted by Gasteiger charge is 2.20. The van der Waals surface area contributed by atoms with Crippen molar-refractivity contribution in [3.8, 4) is 0 Å². The van der Waals surface area contributed by atoms with Crippen LogP contribution < -0.4 is 10.2 Å². The minimum Gasteiger partial charge on any atom is -0.381 e. The van der Waals surface area contributed by atoms with Crippen LogP contribution in [-0.4, -0.2) is 37.8 Å². The number of ether oxygens (including phenoxy) is 1. The van der Waals surface area contributed by atoms with Crippen molar-refractivity contribution in [1.29, 1.82) is 0 Å². The first-order valence-corrected chi connectivity index (χ1v) is 8.25. The molecule has 1 aromatic heterocycles. The standard InChI is InChI=1S/C17H29N3O/c1-4-8-18-13-14-11-15(5-2)19-17(12-14)20(3)16-6-9-21-10-7-16/h11-12,16,18H,4-10,13H2,1-3H3. The molecule has 4 heteroatoms. The second kappa shape index (κ2) is 8.35. The van der Waals surface area contributed by atoms with Gasteiger partial charge in [0.25, 0.3) is 0 Å². The maximum Gasteiger partial charge on any atom is 0.129 e. The number of hydrogen-bond acceptors (Lipinski definition) is 4. The minimum absolute atomic E-state index is 0.551. The van der Waals surface area contributed by atoms with Crippen molar-refractivity contribution < 1.29 is 4.74 Å². The van der Waals surface area contributed by atoms with Crippen LogP contribution in [0, 0.1) is 0 Å². The summed E-state index contributed by atoms with van der Waals surface area (Å²) in [4.78, 5) is 7.15. The molecule has 0 atom stereocenters. The maximum atomic E-state index is 5.46. The molecule has 118 valence electrons. The molecule has 1 fully saturated rings. The fourth-order valence-electron chi connectivity index (χ4n) is 2.77. The van der Waals surface area contributed by atoms with Gasteiger partial charge in [0.15, 0.2) is 0 Å². The lowest BCUT2D eigenvalue weighted by molar-refractivity contribution is 0.0853. The van der Waals surface area contributed by atoms with Crippen molar-refractivity contribution in [2.24, 2.45) is 0 Å². The van der Waals surface area contributed by atoms with Gasteiger partial charge in [-0.1, -0.05) is 13.8 Å². The van der Waals surface area contributed by atoms with E-state index in [1.807, 2.05) is 0 Å². The van der Waals surface area contributed by atoms with Crippen molar-refractivity contribution in [2.75, 3.05) is 31.7 Å². The molecule has 4 nitrogen and oxygen atoms in total. The third-order valence-electron chi connectivity index (χ3n) is 4.14. The summed E-state index contributed by atoms with van der Waals surface area (Å²) < 4.78 is 5.46. The van der Waals surface area contributed by atoms with E-state index >= 15 is 0 Å². The number of anilines is 1. The van der Waals surface area contributed by atoms with E-state index in [2.05, 4.69) is 43.2 Å². The molecule has 1 aromatic rings. The Balaban J connectivity index is 2.10. The van der Waals surface area contributed by atoms with E-state index in [9.17, 15) is 0 Å². The van der Waals surface area contributed by atoms with E-state index in [1.54, 1.807) is 0 Å². The highest BCUT2D eigenvalue weighted by molar-refractivity contribution is 5.43. The van der Waals surface area contributed by atoms with Gasteiger partial charge >= 0.3 is 0 Å². The summed E-state index contributed by atoms with van der Waals surface area (Å²) >= 11 is 0. The Bertz CT molecular complexity index is 430. The normalized spacial score (nSPS) is 16.1. The molecule has 0 saturated carbocycles. The van der Waals surface area contributed by atoms with Crippen LogP contribution in [0.1, 0.15) is 44.4 Å². The molecule has 0 unspecified atom stereocenters. The zero-order valence-corrected chi connectivity index (χ0v) is 13.7. The average molecular weight is 291 g/mol. The monoisotopic (exact) mass is 291 g/mol. The molecule has 0 amide bonds. The summed E-state index contributed by atoms with van der Waals surface area (Å²) in [6.07, 6.45) is 4.34. The van der Waals surface area contributed by atoms with Gasteiger partial charge in [-0.15, -0.1) is 0 Å². The smallest absolute Gasteiger partial charge is 0.129 e. The lowest BCUT2D eigenvalue weighted by Crippen LogP contribution is -2.37. The summed E-state index contributed by atoms with van der Waals surface area (Å²) in [6.45, 7) is 8.10. The SMILES string of the molecule is CCCNCc1cc(CC)nc(N(C)C2CCOCC2)c1. The molecular weight excluding hydrogens is 262 g/mol. The molecule has 2 rings (SSSR count). The van der Waals surface area contributed by atoms with Crippen LogP contribution in [0.4, 0.5) is 5.82 Å². The average Bonchev–Trinajstić information content (AvgIpc) is 2.55. The lowest BCUT2D eigenvalue weighted by atomic mass is 10.1. The third kappa shape index (κ3) is 4.68. The maximum absolute atomic E-state index is 5.46. The minimum atomic E-state index is 0.551. The van der Waals surface area contributed by atoms with Gasteiger partial charge in [-0.25, -0.2) is 4.98 Å². The Morgan fingerprint density at radius 1 is 1.29 bits per heavy atom. The van der Waals surface area contributed by atoms with Crippen molar-refractivity contribution in [2.45, 2.75) is 52.1 Å². The fourth-order valence-corrected chi connectivity index (χ4v) is 2.77. The van der Waals surface area contributed by atoms with Crippen LogP contribution in [0.25, 0.3) is 0 Å². The molecule has 1 aliphatic rings. The molecule has 0 radical (unpaired) electrons. The molecule has 21 heavy (non-hydrogen) atoms. The summed E-state index contributed by atoms with van der Waals surface area (Å²) in [6, 6.07) is 5.01. The molecule has 1 aliphatic heterocycles. The highest BCUT2D eigenvalue weighted by Crippen LogP contribution is 2.21. The molecule has 0 bridgehead atoms. The van der Waals surface area contributed by atoms with Crippen molar-refractivity contribution in [3.63, 3.8) is 0 Å². The van der Waals surface area contributed by atoms with Crippen LogP contribution >= 0.6 is 0 Å². The van der Waals surface area contributed by atoms with Crippen molar-refractivity contribution in [3.05, 3.63) is 23.4 Å². The van der Waals surface area contributed by atoms with E-state index in [0.717, 1.165) is 51.4 Å². The molecule has 1 N–H and O–H groups in total. The first kappa shape index (κ1) is 16.2. The van der Waals surface area contributed by atoms with E-state index in [-0.39, 0.29) is 0 Å². The van der Waals surface area contributed by atoms with Crippen LogP contribution in [0.15, 0.2) is 12.1 Å². The summed E-state index contributed by atoms with van der Waals surface area (Å²) in [5.74, 6) is 1.11. The van der Waals surface area contributed by atoms with Crippen LogP contribution in [0.3, 0.4) is 0 Å².